The van der Waals surface area contributed by atoms with E-state index in [9.17, 15) is 4.79 Å². The molecule has 3 heterocycles. The molecule has 0 aliphatic rings. The molecule has 3 aromatic heterocycles. The molecule has 0 atom stereocenters. The number of aryl methyl sites for hydroxylation is 1. The third kappa shape index (κ3) is 4.02. The van der Waals surface area contributed by atoms with Crippen LogP contribution < -0.4 is 0 Å². The third-order valence-corrected chi connectivity index (χ3v) is 4.10. The third-order valence-electron chi connectivity index (χ3n) is 3.20. The van der Waals surface area contributed by atoms with Crippen molar-refractivity contribution < 1.29 is 13.7 Å². The van der Waals surface area contributed by atoms with Gasteiger partial charge in [0.15, 0.2) is 16.7 Å². The lowest BCUT2D eigenvalue weighted by Gasteiger charge is -2.14. The lowest BCUT2D eigenvalue weighted by Crippen LogP contribution is -2.28. The minimum absolute atomic E-state index is 0.189. The largest absolute Gasteiger partial charge is 0.455 e. The fourth-order valence-electron chi connectivity index (χ4n) is 1.97. The highest BCUT2D eigenvalue weighted by molar-refractivity contribution is 7.98. The molecule has 0 unspecified atom stereocenters. The first-order valence-electron chi connectivity index (χ1n) is 7.23. The van der Waals surface area contributed by atoms with Crippen LogP contribution in [0.2, 0.25) is 0 Å². The van der Waals surface area contributed by atoms with Gasteiger partial charge in [-0.15, -0.1) is 0 Å². The topological polar surface area (TPSA) is 114 Å². The summed E-state index contributed by atoms with van der Waals surface area (Å²) < 4.78 is 10.5. The number of carbonyl (C=O) groups excluding carboxylic acids is 1. The second-order valence-electron chi connectivity index (χ2n) is 5.05. The highest BCUT2D eigenvalue weighted by atomic mass is 32.2. The number of hydrogen-bond acceptors (Lipinski definition) is 8. The summed E-state index contributed by atoms with van der Waals surface area (Å²) in [5, 5.41) is 11.0. The van der Waals surface area contributed by atoms with Crippen LogP contribution >= 0.6 is 11.8 Å². The van der Waals surface area contributed by atoms with E-state index in [1.54, 1.807) is 31.0 Å². The van der Waals surface area contributed by atoms with E-state index < -0.39 is 0 Å². The molecule has 3 rings (SSSR count). The van der Waals surface area contributed by atoms with Crippen molar-refractivity contribution in [1.29, 1.82) is 0 Å². The zero-order chi connectivity index (χ0) is 16.9. The van der Waals surface area contributed by atoms with Gasteiger partial charge < -0.3 is 13.8 Å². The fourth-order valence-corrected chi connectivity index (χ4v) is 2.65. The summed E-state index contributed by atoms with van der Waals surface area (Å²) in [6.45, 7) is 2.20. The second kappa shape index (κ2) is 7.30. The summed E-state index contributed by atoms with van der Waals surface area (Å²) in [5.74, 6) is 2.46. The number of aromatic nitrogens is 5. The quantitative estimate of drug-likeness (QED) is 0.642. The zero-order valence-corrected chi connectivity index (χ0v) is 14.0. The predicted molar refractivity (Wildman–Crippen MR) is 84.4 cm³/mol. The molecule has 10 heteroatoms. The smallest absolute Gasteiger partial charge is 0.289 e. The maximum Gasteiger partial charge on any atom is 0.289 e. The Kier molecular flexibility index (Phi) is 4.94. The van der Waals surface area contributed by atoms with Gasteiger partial charge in [-0.2, -0.15) is 10.1 Å². The lowest BCUT2D eigenvalue weighted by atomic mass is 10.3. The molecule has 126 valence electrons. The van der Waals surface area contributed by atoms with E-state index in [2.05, 4.69) is 25.3 Å². The van der Waals surface area contributed by atoms with Crippen molar-refractivity contribution in [1.82, 2.24) is 30.2 Å². The molecular weight excluding hydrogens is 332 g/mol. The fraction of sp³-hybridized carbons (Fsp3) is 0.357. The Morgan fingerprint density at radius 1 is 1.42 bits per heavy atom. The van der Waals surface area contributed by atoms with Gasteiger partial charge >= 0.3 is 0 Å². The number of hydrogen-bond donors (Lipinski definition) is 1. The van der Waals surface area contributed by atoms with Crippen LogP contribution in [0.3, 0.4) is 0 Å². The average molecular weight is 348 g/mol. The van der Waals surface area contributed by atoms with Gasteiger partial charge in [0.2, 0.25) is 5.89 Å². The van der Waals surface area contributed by atoms with Gasteiger partial charge in [0.05, 0.1) is 5.75 Å². The maximum atomic E-state index is 12.3. The molecule has 1 N–H and O–H groups in total. The number of nitrogens with zero attached hydrogens (tertiary/aromatic N) is 5. The number of amides is 1. The van der Waals surface area contributed by atoms with E-state index in [0.29, 0.717) is 47.1 Å². The molecule has 0 radical (unpaired) electrons. The van der Waals surface area contributed by atoms with Gasteiger partial charge in [0.1, 0.15) is 12.1 Å². The summed E-state index contributed by atoms with van der Waals surface area (Å²) >= 11 is 1.45. The highest BCUT2D eigenvalue weighted by Gasteiger charge is 2.17. The van der Waals surface area contributed by atoms with Crippen molar-refractivity contribution in [3.8, 4) is 0 Å². The zero-order valence-electron chi connectivity index (χ0n) is 13.2. The molecule has 0 spiro atoms. The van der Waals surface area contributed by atoms with Gasteiger partial charge in [0.25, 0.3) is 5.91 Å². The van der Waals surface area contributed by atoms with Crippen LogP contribution in [-0.4, -0.2) is 49.7 Å². The van der Waals surface area contributed by atoms with Crippen molar-refractivity contribution >= 4 is 17.7 Å². The molecule has 0 aliphatic carbocycles. The molecule has 3 aromatic rings. The molecule has 9 nitrogen and oxygen atoms in total. The monoisotopic (exact) mass is 348 g/mol. The second-order valence-corrected chi connectivity index (χ2v) is 6.02. The Bertz CT molecular complexity index is 797. The van der Waals surface area contributed by atoms with E-state index in [1.165, 1.54) is 18.1 Å². The van der Waals surface area contributed by atoms with E-state index >= 15 is 0 Å². The van der Waals surface area contributed by atoms with Gasteiger partial charge in [-0.25, -0.2) is 4.98 Å². The molecule has 0 bridgehead atoms. The number of nitrogens with one attached hydrogen (secondary N) is 1. The van der Waals surface area contributed by atoms with Crippen molar-refractivity contribution in [2.24, 2.45) is 0 Å². The van der Waals surface area contributed by atoms with Crippen molar-refractivity contribution in [3.63, 3.8) is 0 Å². The molecule has 0 fully saturated rings. The molecule has 24 heavy (non-hydrogen) atoms. The lowest BCUT2D eigenvalue weighted by molar-refractivity contribution is 0.0763. The van der Waals surface area contributed by atoms with Crippen LogP contribution in [-0.2, 0) is 12.2 Å². The van der Waals surface area contributed by atoms with Crippen LogP contribution in [0.15, 0.2) is 32.6 Å². The number of rotatable bonds is 7. The molecule has 0 saturated carbocycles. The van der Waals surface area contributed by atoms with Crippen molar-refractivity contribution in [3.05, 3.63) is 41.7 Å². The van der Waals surface area contributed by atoms with Crippen molar-refractivity contribution in [2.45, 2.75) is 24.3 Å². The Hall–Kier alpha value is -2.62. The normalized spacial score (nSPS) is 10.9. The summed E-state index contributed by atoms with van der Waals surface area (Å²) in [6.07, 6.45) is 1.97. The molecule has 0 aliphatic heterocycles. The maximum absolute atomic E-state index is 12.3. The van der Waals surface area contributed by atoms with Gasteiger partial charge in [-0.1, -0.05) is 16.9 Å². The van der Waals surface area contributed by atoms with E-state index in [0.717, 1.165) is 0 Å². The molecule has 0 saturated heterocycles. The predicted octanol–water partition coefficient (Wildman–Crippen LogP) is 1.70. The standard InChI is InChI=1S/C14H16N6O3S/c1-9-17-12(19-23-9)5-6-20(2)13(21)11-4-3-10(22-11)7-24-14-15-8-16-18-14/h3-4,8H,5-7H2,1-2H3,(H,15,16,18). The molecular formula is C14H16N6O3S. The first-order valence-corrected chi connectivity index (χ1v) is 8.22. The number of thioether (sulfide) groups is 1. The number of furan rings is 1. The Labute approximate surface area is 141 Å². The molecule has 1 amide bonds. The van der Waals surface area contributed by atoms with Gasteiger partial charge in [0, 0.05) is 26.9 Å². The number of H-pyrrole nitrogens is 1. The number of aromatic amines is 1. The first-order chi connectivity index (χ1) is 11.6. The Morgan fingerprint density at radius 2 is 2.29 bits per heavy atom. The van der Waals surface area contributed by atoms with Crippen molar-refractivity contribution in [2.75, 3.05) is 13.6 Å². The van der Waals surface area contributed by atoms with Crippen LogP contribution in [0.4, 0.5) is 0 Å². The SMILES string of the molecule is Cc1nc(CCN(C)C(=O)c2ccc(CSc3ncn[nH]3)o2)no1. The summed E-state index contributed by atoms with van der Waals surface area (Å²) in [7, 11) is 1.71. The first kappa shape index (κ1) is 16.2. The average Bonchev–Trinajstić information content (AvgIpc) is 3.31. The summed E-state index contributed by atoms with van der Waals surface area (Å²) in [5.41, 5.74) is 0. The van der Waals surface area contributed by atoms with Crippen LogP contribution in [0, 0.1) is 6.92 Å². The van der Waals surface area contributed by atoms with E-state index in [4.69, 9.17) is 8.94 Å². The minimum Gasteiger partial charge on any atom is -0.455 e. The summed E-state index contributed by atoms with van der Waals surface area (Å²) in [4.78, 5) is 22.0. The molecule has 0 aromatic carbocycles. The highest BCUT2D eigenvalue weighted by Crippen LogP contribution is 2.20. The van der Waals surface area contributed by atoms with Crippen LogP contribution in [0.25, 0.3) is 0 Å². The van der Waals surface area contributed by atoms with Crippen LogP contribution in [0.5, 0.6) is 0 Å². The Morgan fingerprint density at radius 3 is 3.00 bits per heavy atom. The number of carbonyl (C=O) groups is 1. The minimum atomic E-state index is -0.189. The van der Waals surface area contributed by atoms with E-state index in [-0.39, 0.29) is 5.91 Å². The Balaban J connectivity index is 1.52. The van der Waals surface area contributed by atoms with E-state index in [1.807, 2.05) is 0 Å². The van der Waals surface area contributed by atoms with Crippen LogP contribution in [0.1, 0.15) is 28.0 Å². The summed E-state index contributed by atoms with van der Waals surface area (Å²) in [6, 6.07) is 3.46. The van der Waals surface area contributed by atoms with Gasteiger partial charge in [-0.3, -0.25) is 9.89 Å². The van der Waals surface area contributed by atoms with Gasteiger partial charge in [-0.05, 0) is 12.1 Å². The number of likely N-dealkylation sites (N-methyl/N-ethyl adjacent to an activating group) is 1.